The molecule has 2 unspecified atom stereocenters. The number of allylic oxidation sites excluding steroid dienone is 4. The van der Waals surface area contributed by atoms with Crippen molar-refractivity contribution in [3.8, 4) is 11.8 Å². The highest BCUT2D eigenvalue weighted by molar-refractivity contribution is 6.32. The predicted molar refractivity (Wildman–Crippen MR) is 64.4 cm³/mol. The maximum atomic E-state index is 12.6. The van der Waals surface area contributed by atoms with E-state index in [2.05, 4.69) is 16.8 Å². The minimum absolute atomic E-state index is 0.0740. The molecule has 0 aromatic heterocycles. The maximum absolute atomic E-state index is 12.6. The van der Waals surface area contributed by atoms with Crippen LogP contribution in [-0.2, 0) is 4.74 Å². The Hall–Kier alpha value is -1.41. The van der Waals surface area contributed by atoms with E-state index in [1.165, 1.54) is 6.08 Å². The first kappa shape index (κ1) is 12.6. The molecule has 0 aromatic carbocycles. The van der Waals surface area contributed by atoms with Crippen molar-refractivity contribution in [3.63, 3.8) is 0 Å². The molecule has 19 heavy (non-hydrogen) atoms. The molecule has 0 radical (unpaired) electrons. The van der Waals surface area contributed by atoms with Gasteiger partial charge in [-0.3, -0.25) is 0 Å². The van der Waals surface area contributed by atoms with Gasteiger partial charge in [0, 0.05) is 17.0 Å². The smallest absolute Gasteiger partial charge is 0.447 e. The van der Waals surface area contributed by atoms with E-state index in [0.717, 1.165) is 12.8 Å². The number of hydrogen-bond acceptors (Lipinski definition) is 2. The summed E-state index contributed by atoms with van der Waals surface area (Å²) in [5.41, 5.74) is 0.222. The second kappa shape index (κ2) is 4.31. The van der Waals surface area contributed by atoms with Gasteiger partial charge in [-0.25, -0.2) is 4.99 Å². The van der Waals surface area contributed by atoms with Crippen LogP contribution in [0.3, 0.4) is 0 Å². The van der Waals surface area contributed by atoms with Gasteiger partial charge in [0.05, 0.1) is 5.92 Å². The molecule has 3 rings (SSSR count). The summed E-state index contributed by atoms with van der Waals surface area (Å²) in [6.45, 7) is 0. The highest BCUT2D eigenvalue weighted by Gasteiger charge is 2.47. The standard InChI is InChI=1S/C13H9ClF3NO/c14-9-5-8(4-3-7-1-2-7)11-10(6-9)19-12(18-11)13(15,16)17/h5-8,12H,1-2H2. The van der Waals surface area contributed by atoms with Crippen LogP contribution in [0.15, 0.2) is 27.9 Å². The molecule has 0 amide bonds. The first-order valence-electron chi connectivity index (χ1n) is 5.85. The molecule has 0 aromatic rings. The zero-order valence-corrected chi connectivity index (χ0v) is 10.4. The first-order chi connectivity index (χ1) is 8.93. The van der Waals surface area contributed by atoms with E-state index < -0.39 is 18.3 Å². The fourth-order valence-electron chi connectivity index (χ4n) is 1.84. The average molecular weight is 288 g/mol. The summed E-state index contributed by atoms with van der Waals surface area (Å²) in [6.07, 6.45) is -1.62. The normalized spacial score (nSPS) is 29.4. The van der Waals surface area contributed by atoms with Crippen molar-refractivity contribution in [2.75, 3.05) is 0 Å². The molecule has 1 fully saturated rings. The number of hydrogen-bond donors (Lipinski definition) is 0. The molecule has 1 aliphatic heterocycles. The van der Waals surface area contributed by atoms with E-state index in [1.54, 1.807) is 6.08 Å². The van der Waals surface area contributed by atoms with Crippen molar-refractivity contribution in [3.05, 3.63) is 22.9 Å². The lowest BCUT2D eigenvalue weighted by Crippen LogP contribution is -2.26. The van der Waals surface area contributed by atoms with Gasteiger partial charge in [-0.2, -0.15) is 13.2 Å². The Kier molecular flexibility index (Phi) is 2.86. The molecule has 100 valence electrons. The highest BCUT2D eigenvalue weighted by atomic mass is 35.5. The van der Waals surface area contributed by atoms with Gasteiger partial charge in [0.25, 0.3) is 6.23 Å². The van der Waals surface area contributed by atoms with Gasteiger partial charge in [-0.05, 0) is 18.9 Å². The number of alkyl halides is 3. The topological polar surface area (TPSA) is 21.6 Å². The summed E-state index contributed by atoms with van der Waals surface area (Å²) in [6, 6.07) is 0. The van der Waals surface area contributed by atoms with Crippen molar-refractivity contribution >= 4 is 17.3 Å². The third-order valence-electron chi connectivity index (χ3n) is 2.94. The lowest BCUT2D eigenvalue weighted by atomic mass is 9.97. The molecule has 2 atom stereocenters. The third-order valence-corrected chi connectivity index (χ3v) is 3.17. The van der Waals surface area contributed by atoms with Gasteiger partial charge < -0.3 is 4.74 Å². The Bertz CT molecular complexity index is 561. The molecule has 6 heteroatoms. The van der Waals surface area contributed by atoms with Gasteiger partial charge in [0.15, 0.2) is 0 Å². The summed E-state index contributed by atoms with van der Waals surface area (Å²) >= 11 is 5.87. The summed E-state index contributed by atoms with van der Waals surface area (Å²) in [5, 5.41) is 0.326. The lowest BCUT2D eigenvalue weighted by Gasteiger charge is -2.14. The number of fused-ring (bicyclic) bond motifs is 1. The zero-order valence-electron chi connectivity index (χ0n) is 9.67. The summed E-state index contributed by atoms with van der Waals surface area (Å²) in [4.78, 5) is 3.59. The second-order valence-electron chi connectivity index (χ2n) is 4.63. The van der Waals surface area contributed by atoms with Crippen LogP contribution in [0.4, 0.5) is 13.2 Å². The molecule has 0 saturated heterocycles. The van der Waals surface area contributed by atoms with Crippen LogP contribution >= 0.6 is 11.6 Å². The van der Waals surface area contributed by atoms with Crippen molar-refractivity contribution in [1.29, 1.82) is 0 Å². The van der Waals surface area contributed by atoms with Gasteiger partial charge in [-0.1, -0.05) is 23.4 Å². The van der Waals surface area contributed by atoms with Crippen LogP contribution in [0.2, 0.25) is 0 Å². The number of halogens is 4. The minimum Gasteiger partial charge on any atom is -0.457 e. The summed E-state index contributed by atoms with van der Waals surface area (Å²) in [5.74, 6) is 5.87. The molecule has 3 aliphatic rings. The zero-order chi connectivity index (χ0) is 13.6. The second-order valence-corrected chi connectivity index (χ2v) is 5.06. The van der Waals surface area contributed by atoms with Crippen molar-refractivity contribution in [2.24, 2.45) is 16.8 Å². The Labute approximate surface area is 113 Å². The molecule has 0 bridgehead atoms. The van der Waals surface area contributed by atoms with Gasteiger partial charge in [0.2, 0.25) is 0 Å². The molecular weight excluding hydrogens is 279 g/mol. The Morgan fingerprint density at radius 3 is 2.68 bits per heavy atom. The van der Waals surface area contributed by atoms with Gasteiger partial charge in [-0.15, -0.1) is 0 Å². The van der Waals surface area contributed by atoms with Crippen molar-refractivity contribution in [2.45, 2.75) is 25.2 Å². The van der Waals surface area contributed by atoms with Crippen molar-refractivity contribution in [1.82, 2.24) is 0 Å². The van der Waals surface area contributed by atoms with Crippen LogP contribution in [0.1, 0.15) is 12.8 Å². The van der Waals surface area contributed by atoms with Crippen LogP contribution in [0, 0.1) is 23.7 Å². The van der Waals surface area contributed by atoms with Crippen LogP contribution in [-0.4, -0.2) is 18.1 Å². The Morgan fingerprint density at radius 2 is 2.05 bits per heavy atom. The monoisotopic (exact) mass is 287 g/mol. The summed E-state index contributed by atoms with van der Waals surface area (Å²) < 4.78 is 42.6. The number of rotatable bonds is 0. The van der Waals surface area contributed by atoms with Crippen molar-refractivity contribution < 1.29 is 17.9 Å². The molecule has 1 saturated carbocycles. The number of nitrogens with zero attached hydrogens (tertiary/aromatic N) is 1. The first-order valence-corrected chi connectivity index (χ1v) is 6.23. The highest BCUT2D eigenvalue weighted by Crippen LogP contribution is 2.36. The predicted octanol–water partition coefficient (Wildman–Crippen LogP) is 3.40. The van der Waals surface area contributed by atoms with E-state index in [1.807, 2.05) is 0 Å². The van der Waals surface area contributed by atoms with Gasteiger partial charge >= 0.3 is 6.18 Å². The van der Waals surface area contributed by atoms with E-state index in [4.69, 9.17) is 16.3 Å². The molecule has 2 nitrogen and oxygen atoms in total. The molecule has 0 spiro atoms. The largest absolute Gasteiger partial charge is 0.457 e. The van der Waals surface area contributed by atoms with Crippen LogP contribution in [0.25, 0.3) is 0 Å². The summed E-state index contributed by atoms with van der Waals surface area (Å²) in [7, 11) is 0. The molecule has 0 N–H and O–H groups in total. The Morgan fingerprint density at radius 1 is 1.32 bits per heavy atom. The average Bonchev–Trinajstić information content (AvgIpc) is 3.02. The SMILES string of the molecule is FC(F)(F)C1N=C2C(=CC(Cl)=CC2C#CC2CC2)O1. The molecular formula is C13H9ClF3NO. The van der Waals surface area contributed by atoms with E-state index in [0.29, 0.717) is 11.0 Å². The third kappa shape index (κ3) is 2.64. The van der Waals surface area contributed by atoms with E-state index in [9.17, 15) is 13.2 Å². The van der Waals surface area contributed by atoms with Gasteiger partial charge in [0.1, 0.15) is 11.5 Å². The van der Waals surface area contributed by atoms with Crippen LogP contribution in [0.5, 0.6) is 0 Å². The fourth-order valence-corrected chi connectivity index (χ4v) is 2.06. The van der Waals surface area contributed by atoms with E-state index in [-0.39, 0.29) is 11.5 Å². The number of aliphatic imine (C=N–C) groups is 1. The quantitative estimate of drug-likeness (QED) is 0.626. The Balaban J connectivity index is 1.89. The maximum Gasteiger partial charge on any atom is 0.447 e. The minimum atomic E-state index is -4.52. The molecule has 2 aliphatic carbocycles. The van der Waals surface area contributed by atoms with E-state index >= 15 is 0 Å². The fraction of sp³-hybridized carbons (Fsp3) is 0.462. The molecule has 1 heterocycles. The lowest BCUT2D eigenvalue weighted by molar-refractivity contribution is -0.200. The number of ether oxygens (including phenoxy) is 1. The van der Waals surface area contributed by atoms with Crippen LogP contribution < -0.4 is 0 Å².